The molecule has 0 saturated carbocycles. The topological polar surface area (TPSA) is 113 Å². The highest BCUT2D eigenvalue weighted by molar-refractivity contribution is 6.30. The summed E-state index contributed by atoms with van der Waals surface area (Å²) >= 11 is 5.82. The number of aromatic nitrogens is 1. The molecular weight excluding hydrogens is 467 g/mol. The lowest BCUT2D eigenvalue weighted by Gasteiger charge is -2.44. The standard InChI is InChI=1S/C23H24ClFN4O5/c1-2-26-13-9-14-23-28(7-4-8-34-23)22(33)18-20(31)19(30)15(17(13)29(14)18)21(32)27-10-11-5-3-6-12(24)16(11)25/h3,5-6,13-14,23,26,31H,2,4,7-10H2,1H3,(H,27,32). The number of halogens is 2. The minimum atomic E-state index is -0.932. The first-order valence-electron chi connectivity index (χ1n) is 11.2. The normalized spacial score (nSPS) is 23.0. The number of pyridine rings is 1. The lowest BCUT2D eigenvalue weighted by molar-refractivity contribution is -0.110. The zero-order valence-corrected chi connectivity index (χ0v) is 19.2. The summed E-state index contributed by atoms with van der Waals surface area (Å²) in [6.07, 6.45) is 0.584. The second-order valence-electron chi connectivity index (χ2n) is 8.58. The third-order valence-corrected chi connectivity index (χ3v) is 6.93. The Morgan fingerprint density at radius 3 is 2.91 bits per heavy atom. The molecule has 3 aliphatic rings. The number of rotatable bonds is 5. The molecule has 4 heterocycles. The van der Waals surface area contributed by atoms with E-state index in [1.807, 2.05) is 6.92 Å². The average molecular weight is 491 g/mol. The Bertz CT molecular complexity index is 1250. The predicted molar refractivity (Wildman–Crippen MR) is 120 cm³/mol. The number of ether oxygens (including phenoxy) is 1. The van der Waals surface area contributed by atoms with Gasteiger partial charge in [-0.25, -0.2) is 4.39 Å². The monoisotopic (exact) mass is 490 g/mol. The Hall–Kier alpha value is -2.95. The highest BCUT2D eigenvalue weighted by atomic mass is 35.5. The molecule has 5 rings (SSSR count). The molecule has 180 valence electrons. The molecule has 1 saturated heterocycles. The number of fused-ring (bicyclic) bond motifs is 2. The van der Waals surface area contributed by atoms with Crippen LogP contribution in [0.1, 0.15) is 64.0 Å². The fraction of sp³-hybridized carbons (Fsp3) is 0.435. The Morgan fingerprint density at radius 2 is 2.15 bits per heavy atom. The van der Waals surface area contributed by atoms with Gasteiger partial charge in [0.1, 0.15) is 11.4 Å². The predicted octanol–water partition coefficient (Wildman–Crippen LogP) is 2.07. The van der Waals surface area contributed by atoms with Crippen LogP contribution in [0.3, 0.4) is 0 Å². The van der Waals surface area contributed by atoms with Crippen LogP contribution in [0.5, 0.6) is 5.75 Å². The number of carbonyl (C=O) groups is 2. The van der Waals surface area contributed by atoms with Crippen LogP contribution >= 0.6 is 11.6 Å². The molecule has 3 atom stereocenters. The van der Waals surface area contributed by atoms with Crippen LogP contribution in [-0.2, 0) is 11.3 Å². The van der Waals surface area contributed by atoms with Crippen LogP contribution in [0.4, 0.5) is 4.39 Å². The van der Waals surface area contributed by atoms with Crippen molar-refractivity contribution in [3.63, 3.8) is 0 Å². The molecule has 9 nitrogen and oxygen atoms in total. The summed E-state index contributed by atoms with van der Waals surface area (Å²) in [7, 11) is 0. The Kier molecular flexibility index (Phi) is 5.83. The largest absolute Gasteiger partial charge is 0.503 e. The van der Waals surface area contributed by atoms with Crippen LogP contribution < -0.4 is 16.1 Å². The molecule has 11 heteroatoms. The van der Waals surface area contributed by atoms with Crippen molar-refractivity contribution < 1.29 is 23.8 Å². The number of aromatic hydroxyl groups is 1. The second-order valence-corrected chi connectivity index (χ2v) is 8.99. The molecule has 2 amide bonds. The van der Waals surface area contributed by atoms with Crippen LogP contribution in [-0.4, -0.2) is 52.3 Å². The van der Waals surface area contributed by atoms with Gasteiger partial charge in [-0.15, -0.1) is 0 Å². The summed E-state index contributed by atoms with van der Waals surface area (Å²) in [5.74, 6) is -2.70. The van der Waals surface area contributed by atoms with Gasteiger partial charge in [-0.1, -0.05) is 30.7 Å². The summed E-state index contributed by atoms with van der Waals surface area (Å²) in [4.78, 5) is 41.2. The van der Waals surface area contributed by atoms with Gasteiger partial charge in [0.25, 0.3) is 11.8 Å². The van der Waals surface area contributed by atoms with Crippen molar-refractivity contribution in [2.24, 2.45) is 0 Å². The van der Waals surface area contributed by atoms with E-state index in [1.54, 1.807) is 15.5 Å². The third kappa shape index (κ3) is 3.40. The number of nitrogens with zero attached hydrogens (tertiary/aromatic N) is 2. The van der Waals surface area contributed by atoms with E-state index >= 15 is 0 Å². The van der Waals surface area contributed by atoms with E-state index in [9.17, 15) is 23.9 Å². The number of hydrogen-bond acceptors (Lipinski definition) is 6. The van der Waals surface area contributed by atoms with Gasteiger partial charge < -0.3 is 29.9 Å². The SMILES string of the molecule is CCNC1CC2C3OCCCN3C(=O)c3c(O)c(=O)c(C(=O)NCc4cccc(Cl)c4F)c1n32. The van der Waals surface area contributed by atoms with Crippen molar-refractivity contribution in [2.45, 2.75) is 44.6 Å². The minimum Gasteiger partial charge on any atom is -0.503 e. The van der Waals surface area contributed by atoms with Crippen LogP contribution in [0.15, 0.2) is 23.0 Å². The lowest BCUT2D eigenvalue weighted by Crippen LogP contribution is -2.55. The molecule has 0 radical (unpaired) electrons. The molecule has 0 spiro atoms. The van der Waals surface area contributed by atoms with Gasteiger partial charge >= 0.3 is 0 Å². The van der Waals surface area contributed by atoms with Crippen LogP contribution in [0.25, 0.3) is 0 Å². The van der Waals surface area contributed by atoms with Gasteiger partial charge in [0.2, 0.25) is 5.43 Å². The molecule has 0 aliphatic carbocycles. The maximum Gasteiger partial charge on any atom is 0.276 e. The second kappa shape index (κ2) is 8.68. The summed E-state index contributed by atoms with van der Waals surface area (Å²) in [5, 5.41) is 16.5. The van der Waals surface area contributed by atoms with Gasteiger partial charge in [-0.05, 0) is 25.5 Å². The Labute approximate surface area is 199 Å². The molecule has 1 fully saturated rings. The summed E-state index contributed by atoms with van der Waals surface area (Å²) in [6.45, 7) is 3.20. The smallest absolute Gasteiger partial charge is 0.276 e. The number of benzene rings is 1. The molecule has 3 N–H and O–H groups in total. The average Bonchev–Trinajstić information content (AvgIpc) is 3.19. The van der Waals surface area contributed by atoms with E-state index in [2.05, 4.69) is 10.6 Å². The zero-order chi connectivity index (χ0) is 24.1. The van der Waals surface area contributed by atoms with Gasteiger partial charge in [-0.2, -0.15) is 0 Å². The molecule has 3 aliphatic heterocycles. The summed E-state index contributed by atoms with van der Waals surface area (Å²) in [5.41, 5.74) is -0.838. The summed E-state index contributed by atoms with van der Waals surface area (Å²) < 4.78 is 21.8. The third-order valence-electron chi connectivity index (χ3n) is 6.64. The fourth-order valence-corrected chi connectivity index (χ4v) is 5.41. The zero-order valence-electron chi connectivity index (χ0n) is 18.4. The first-order valence-corrected chi connectivity index (χ1v) is 11.6. The van der Waals surface area contributed by atoms with Gasteiger partial charge in [0, 0.05) is 18.7 Å². The molecule has 2 aromatic rings. The molecular formula is C23H24ClFN4O5. The fourth-order valence-electron chi connectivity index (χ4n) is 5.21. The quantitative estimate of drug-likeness (QED) is 0.591. The van der Waals surface area contributed by atoms with E-state index in [0.717, 1.165) is 0 Å². The molecule has 3 unspecified atom stereocenters. The minimum absolute atomic E-state index is 0.0811. The van der Waals surface area contributed by atoms with E-state index in [4.69, 9.17) is 16.3 Å². The van der Waals surface area contributed by atoms with Gasteiger partial charge in [-0.3, -0.25) is 14.4 Å². The number of amides is 2. The Balaban J connectivity index is 1.60. The van der Waals surface area contributed by atoms with Crippen molar-refractivity contribution in [1.82, 2.24) is 20.1 Å². The van der Waals surface area contributed by atoms with Crippen molar-refractivity contribution >= 4 is 23.4 Å². The van der Waals surface area contributed by atoms with Crippen molar-refractivity contribution in [3.05, 3.63) is 61.8 Å². The van der Waals surface area contributed by atoms with Crippen molar-refractivity contribution in [3.8, 4) is 5.75 Å². The van der Waals surface area contributed by atoms with E-state index in [1.165, 1.54) is 12.1 Å². The highest BCUT2D eigenvalue weighted by Crippen LogP contribution is 2.45. The first kappa shape index (κ1) is 22.8. The van der Waals surface area contributed by atoms with Crippen molar-refractivity contribution in [1.29, 1.82) is 0 Å². The lowest BCUT2D eigenvalue weighted by atomic mass is 10.0. The summed E-state index contributed by atoms with van der Waals surface area (Å²) in [6, 6.07) is 3.65. The van der Waals surface area contributed by atoms with E-state index < -0.39 is 41.1 Å². The first-order chi connectivity index (χ1) is 16.3. The van der Waals surface area contributed by atoms with Crippen LogP contribution in [0.2, 0.25) is 5.02 Å². The van der Waals surface area contributed by atoms with Gasteiger partial charge in [0.15, 0.2) is 17.7 Å². The maximum atomic E-state index is 14.3. The van der Waals surface area contributed by atoms with E-state index in [-0.39, 0.29) is 34.4 Å². The van der Waals surface area contributed by atoms with Gasteiger partial charge in [0.05, 0.1) is 29.4 Å². The van der Waals surface area contributed by atoms with Crippen LogP contribution in [0, 0.1) is 5.82 Å². The molecule has 1 aromatic heterocycles. The molecule has 1 aromatic carbocycles. The molecule has 34 heavy (non-hydrogen) atoms. The number of nitrogens with one attached hydrogen (secondary N) is 2. The highest BCUT2D eigenvalue weighted by Gasteiger charge is 2.50. The maximum absolute atomic E-state index is 14.3. The molecule has 0 bridgehead atoms. The number of carbonyl (C=O) groups excluding carboxylic acids is 2. The van der Waals surface area contributed by atoms with Crippen molar-refractivity contribution in [2.75, 3.05) is 19.7 Å². The Morgan fingerprint density at radius 1 is 1.35 bits per heavy atom. The van der Waals surface area contributed by atoms with E-state index in [0.29, 0.717) is 38.2 Å². The number of hydrogen-bond donors (Lipinski definition) is 3.